The van der Waals surface area contributed by atoms with E-state index in [4.69, 9.17) is 9.47 Å². The van der Waals surface area contributed by atoms with Crippen LogP contribution in [0.2, 0.25) is 0 Å². The zero-order valence-electron chi connectivity index (χ0n) is 11.2. The number of benzene rings is 1. The second-order valence-electron chi connectivity index (χ2n) is 5.25. The Morgan fingerprint density at radius 3 is 2.85 bits per heavy atom. The molecular formula is C17H17NO2. The van der Waals surface area contributed by atoms with Crippen molar-refractivity contribution in [3.8, 4) is 5.75 Å². The molecule has 4 rings (SSSR count). The molecule has 0 radical (unpaired) electrons. The topological polar surface area (TPSA) is 21.7 Å². The molecule has 20 heavy (non-hydrogen) atoms. The molecule has 0 fully saturated rings. The lowest BCUT2D eigenvalue weighted by molar-refractivity contribution is 0.132. The maximum Gasteiger partial charge on any atom is 0.143 e. The molecule has 2 aliphatic heterocycles. The number of para-hydroxylation sites is 2. The molecule has 1 aromatic rings. The van der Waals surface area contributed by atoms with Gasteiger partial charge in [-0.25, -0.2) is 0 Å². The predicted molar refractivity (Wildman–Crippen MR) is 79.2 cm³/mol. The third-order valence-electron chi connectivity index (χ3n) is 4.00. The van der Waals surface area contributed by atoms with Crippen LogP contribution >= 0.6 is 0 Å². The fourth-order valence-electron chi connectivity index (χ4n) is 3.11. The molecule has 0 aromatic heterocycles. The van der Waals surface area contributed by atoms with Crippen molar-refractivity contribution < 1.29 is 9.47 Å². The average molecular weight is 267 g/mol. The highest BCUT2D eigenvalue weighted by molar-refractivity contribution is 5.64. The third kappa shape index (κ3) is 1.86. The molecule has 102 valence electrons. The predicted octanol–water partition coefficient (Wildman–Crippen LogP) is 2.70. The molecule has 1 aliphatic carbocycles. The summed E-state index contributed by atoms with van der Waals surface area (Å²) in [6.45, 7) is 1.44. The molecule has 0 amide bonds. The van der Waals surface area contributed by atoms with Crippen molar-refractivity contribution >= 4 is 5.69 Å². The lowest BCUT2D eigenvalue weighted by Crippen LogP contribution is -2.54. The third-order valence-corrected chi connectivity index (χ3v) is 4.00. The molecule has 3 heteroatoms. The standard InChI is InChI=1S/C17H17NO2/c1-3-9-16-14(7-1)18(13-6-5-11-19-12-13)15-8-2-4-10-17(15)20-16/h1-10,13-14,16H,11-12H2. The number of rotatable bonds is 1. The smallest absolute Gasteiger partial charge is 0.143 e. The molecule has 3 nitrogen and oxygen atoms in total. The number of anilines is 1. The van der Waals surface area contributed by atoms with E-state index in [1.165, 1.54) is 0 Å². The van der Waals surface area contributed by atoms with Gasteiger partial charge in [0.1, 0.15) is 11.9 Å². The quantitative estimate of drug-likeness (QED) is 0.730. The second-order valence-corrected chi connectivity index (χ2v) is 5.25. The summed E-state index contributed by atoms with van der Waals surface area (Å²) in [6.07, 6.45) is 12.9. The van der Waals surface area contributed by atoms with Crippen molar-refractivity contribution in [2.24, 2.45) is 0 Å². The van der Waals surface area contributed by atoms with Gasteiger partial charge in [-0.2, -0.15) is 0 Å². The van der Waals surface area contributed by atoms with Crippen LogP contribution in [-0.4, -0.2) is 31.4 Å². The minimum absolute atomic E-state index is 0.0743. The van der Waals surface area contributed by atoms with Crippen LogP contribution in [0.5, 0.6) is 5.75 Å². The molecule has 3 atom stereocenters. The van der Waals surface area contributed by atoms with Gasteiger partial charge in [0, 0.05) is 0 Å². The Labute approximate surface area is 118 Å². The first-order valence-corrected chi connectivity index (χ1v) is 7.07. The van der Waals surface area contributed by atoms with Gasteiger partial charge >= 0.3 is 0 Å². The number of hydrogen-bond acceptors (Lipinski definition) is 3. The number of hydrogen-bond donors (Lipinski definition) is 0. The summed E-state index contributed by atoms with van der Waals surface area (Å²) >= 11 is 0. The second kappa shape index (κ2) is 4.84. The molecule has 3 aliphatic rings. The van der Waals surface area contributed by atoms with E-state index < -0.39 is 0 Å². The highest BCUT2D eigenvalue weighted by atomic mass is 16.5. The van der Waals surface area contributed by atoms with E-state index in [1.807, 2.05) is 12.1 Å². The summed E-state index contributed by atoms with van der Waals surface area (Å²) in [4.78, 5) is 2.42. The van der Waals surface area contributed by atoms with Crippen molar-refractivity contribution in [3.05, 3.63) is 60.7 Å². The van der Waals surface area contributed by atoms with E-state index >= 15 is 0 Å². The highest BCUT2D eigenvalue weighted by Gasteiger charge is 2.37. The van der Waals surface area contributed by atoms with Crippen LogP contribution in [0.3, 0.4) is 0 Å². The van der Waals surface area contributed by atoms with Gasteiger partial charge in [-0.15, -0.1) is 0 Å². The number of fused-ring (bicyclic) bond motifs is 2. The van der Waals surface area contributed by atoms with Crippen LogP contribution in [0.1, 0.15) is 0 Å². The van der Waals surface area contributed by atoms with E-state index in [1.54, 1.807) is 0 Å². The van der Waals surface area contributed by atoms with Crippen molar-refractivity contribution in [2.45, 2.75) is 18.2 Å². The van der Waals surface area contributed by atoms with Crippen LogP contribution in [0.4, 0.5) is 5.69 Å². The lowest BCUT2D eigenvalue weighted by Gasteiger charge is -2.45. The molecule has 1 aromatic carbocycles. The van der Waals surface area contributed by atoms with E-state index in [0.717, 1.165) is 18.0 Å². The SMILES string of the molecule is C1=CC2Oc3ccccc3N(C3C=CCOC3)C2C=C1. The van der Waals surface area contributed by atoms with E-state index in [2.05, 4.69) is 53.5 Å². The summed E-state index contributed by atoms with van der Waals surface area (Å²) in [5, 5.41) is 0. The van der Waals surface area contributed by atoms with Crippen molar-refractivity contribution in [1.29, 1.82) is 0 Å². The Bertz CT molecular complexity index is 590. The fraction of sp³-hybridized carbons (Fsp3) is 0.294. The molecule has 0 bridgehead atoms. The molecule has 0 saturated heterocycles. The zero-order valence-corrected chi connectivity index (χ0v) is 11.2. The lowest BCUT2D eigenvalue weighted by atomic mass is 9.97. The summed E-state index contributed by atoms with van der Waals surface area (Å²) in [7, 11) is 0. The first kappa shape index (κ1) is 11.8. The maximum atomic E-state index is 6.11. The van der Waals surface area contributed by atoms with Crippen LogP contribution in [-0.2, 0) is 4.74 Å². The van der Waals surface area contributed by atoms with Gasteiger partial charge in [-0.1, -0.05) is 42.5 Å². The number of allylic oxidation sites excluding steroid dienone is 2. The van der Waals surface area contributed by atoms with Gasteiger partial charge in [0.25, 0.3) is 0 Å². The Morgan fingerprint density at radius 1 is 1.05 bits per heavy atom. The number of nitrogens with zero attached hydrogens (tertiary/aromatic N) is 1. The Hall–Kier alpha value is -2.00. The van der Waals surface area contributed by atoms with Crippen molar-refractivity contribution in [3.63, 3.8) is 0 Å². The highest BCUT2D eigenvalue weighted by Crippen LogP contribution is 2.39. The fourth-order valence-corrected chi connectivity index (χ4v) is 3.11. The summed E-state index contributed by atoms with van der Waals surface area (Å²) in [5.74, 6) is 0.952. The van der Waals surface area contributed by atoms with Gasteiger partial charge in [-0.05, 0) is 18.2 Å². The van der Waals surface area contributed by atoms with Crippen LogP contribution in [0, 0.1) is 0 Å². The van der Waals surface area contributed by atoms with Gasteiger partial charge < -0.3 is 14.4 Å². The van der Waals surface area contributed by atoms with Crippen molar-refractivity contribution in [1.82, 2.24) is 0 Å². The minimum atomic E-state index is 0.0743. The van der Waals surface area contributed by atoms with Crippen molar-refractivity contribution in [2.75, 3.05) is 18.1 Å². The maximum absolute atomic E-state index is 6.11. The summed E-state index contributed by atoms with van der Waals surface area (Å²) < 4.78 is 11.7. The van der Waals surface area contributed by atoms with E-state index in [0.29, 0.717) is 6.61 Å². The minimum Gasteiger partial charge on any atom is -0.482 e. The molecule has 0 saturated carbocycles. The normalized spacial score (nSPS) is 30.6. The van der Waals surface area contributed by atoms with Crippen LogP contribution < -0.4 is 9.64 Å². The van der Waals surface area contributed by atoms with E-state index in [-0.39, 0.29) is 18.2 Å². The van der Waals surface area contributed by atoms with Gasteiger partial charge in [-0.3, -0.25) is 0 Å². The molecule has 3 unspecified atom stereocenters. The Morgan fingerprint density at radius 2 is 1.95 bits per heavy atom. The first-order valence-electron chi connectivity index (χ1n) is 7.07. The monoisotopic (exact) mass is 267 g/mol. The van der Waals surface area contributed by atoms with Gasteiger partial charge in [0.15, 0.2) is 0 Å². The summed E-state index contributed by atoms with van der Waals surface area (Å²) in [6, 6.07) is 8.74. The molecule has 0 N–H and O–H groups in total. The van der Waals surface area contributed by atoms with Crippen LogP contribution in [0.15, 0.2) is 60.7 Å². The van der Waals surface area contributed by atoms with E-state index in [9.17, 15) is 0 Å². The zero-order chi connectivity index (χ0) is 13.4. The first-order chi connectivity index (χ1) is 9.93. The largest absolute Gasteiger partial charge is 0.482 e. The number of ether oxygens (including phenoxy) is 2. The molecule has 2 heterocycles. The van der Waals surface area contributed by atoms with Crippen LogP contribution in [0.25, 0.3) is 0 Å². The molecular weight excluding hydrogens is 250 g/mol. The van der Waals surface area contributed by atoms with Gasteiger partial charge in [0.05, 0.1) is 31.0 Å². The Balaban J connectivity index is 1.79. The molecule has 0 spiro atoms. The Kier molecular flexibility index (Phi) is 2.85. The van der Waals surface area contributed by atoms with Gasteiger partial charge in [0.2, 0.25) is 0 Å². The average Bonchev–Trinajstić information content (AvgIpc) is 2.53. The summed E-state index contributed by atoms with van der Waals surface area (Å²) in [5.41, 5.74) is 1.15.